The average molecular weight is 439 g/mol. The Morgan fingerprint density at radius 3 is 2.34 bits per heavy atom. The number of carbonyl (C=O) groups excluding carboxylic acids is 1. The number of allylic oxidation sites excluding steroid dienone is 4. The largest absolute Gasteiger partial charge is 0.508 e. The molecule has 6 nitrogen and oxygen atoms in total. The molecule has 1 heterocycles. The summed E-state index contributed by atoms with van der Waals surface area (Å²) in [6.45, 7) is 6.20. The highest BCUT2D eigenvalue weighted by Crippen LogP contribution is 2.45. The lowest BCUT2D eigenvalue weighted by Crippen LogP contribution is -2.21. The third kappa shape index (κ3) is 5.44. The van der Waals surface area contributed by atoms with Gasteiger partial charge in [-0.1, -0.05) is 23.3 Å². The van der Waals surface area contributed by atoms with Crippen LogP contribution >= 0.6 is 0 Å². The van der Waals surface area contributed by atoms with E-state index in [1.54, 1.807) is 0 Å². The van der Waals surface area contributed by atoms with Crippen LogP contribution in [0.2, 0.25) is 0 Å². The van der Waals surface area contributed by atoms with Crippen molar-refractivity contribution < 1.29 is 30.0 Å². The van der Waals surface area contributed by atoms with Gasteiger partial charge in [0.25, 0.3) is 0 Å². The van der Waals surface area contributed by atoms with E-state index in [-0.39, 0.29) is 46.5 Å². The fourth-order valence-corrected chi connectivity index (χ4v) is 3.89. The Kier molecular flexibility index (Phi) is 7.13. The molecule has 2 aromatic carbocycles. The molecule has 0 fully saturated rings. The van der Waals surface area contributed by atoms with E-state index in [0.717, 1.165) is 12.8 Å². The average Bonchev–Trinajstić information content (AvgIpc) is 2.68. The van der Waals surface area contributed by atoms with Crippen molar-refractivity contribution in [3.05, 3.63) is 64.3 Å². The molecule has 3 rings (SSSR count). The molecule has 0 aromatic heterocycles. The number of hydrogen-bond acceptors (Lipinski definition) is 6. The summed E-state index contributed by atoms with van der Waals surface area (Å²) in [5.41, 5.74) is 3.33. The number of Topliss-reactive ketones (excluding diaryl/α,β-unsaturated/α-hetero) is 1. The van der Waals surface area contributed by atoms with Gasteiger partial charge in [0.15, 0.2) is 5.78 Å². The molecular formula is C26H30O6. The Labute approximate surface area is 188 Å². The monoisotopic (exact) mass is 438 g/mol. The fraction of sp³-hybridized carbons (Fsp3) is 0.346. The number of aromatic hydroxyl groups is 4. The first-order chi connectivity index (χ1) is 15.2. The van der Waals surface area contributed by atoms with E-state index in [2.05, 4.69) is 32.9 Å². The standard InChI is InChI=1S/C26H30O6/c1-15(2)6-4-7-16(3)8-5-9-20-21(29)13-24-25(26(20)31)22(30)14-23(32-24)17-10-18(27)12-19(28)11-17/h6,8,10-13,23,27-29,31H,4-5,7,9,14H2,1-3H3. The number of ketones is 1. The summed E-state index contributed by atoms with van der Waals surface area (Å²) in [5.74, 6) is -0.923. The van der Waals surface area contributed by atoms with Crippen LogP contribution in [0.5, 0.6) is 28.7 Å². The molecule has 0 spiro atoms. The van der Waals surface area contributed by atoms with Crippen molar-refractivity contribution in [1.29, 1.82) is 0 Å². The van der Waals surface area contributed by atoms with Crippen molar-refractivity contribution in [1.82, 2.24) is 0 Å². The van der Waals surface area contributed by atoms with Gasteiger partial charge in [-0.05, 0) is 58.6 Å². The fourth-order valence-electron chi connectivity index (χ4n) is 3.89. The van der Waals surface area contributed by atoms with E-state index in [1.165, 1.54) is 35.4 Å². The minimum Gasteiger partial charge on any atom is -0.508 e. The Bertz CT molecular complexity index is 1060. The molecule has 1 aliphatic rings. The molecule has 0 aliphatic carbocycles. The molecule has 0 radical (unpaired) electrons. The van der Waals surface area contributed by atoms with Gasteiger partial charge in [0.05, 0.1) is 6.42 Å². The van der Waals surface area contributed by atoms with E-state index in [4.69, 9.17) is 4.74 Å². The van der Waals surface area contributed by atoms with E-state index < -0.39 is 6.10 Å². The minimum absolute atomic E-state index is 0.0580. The first-order valence-electron chi connectivity index (χ1n) is 10.7. The Balaban J connectivity index is 1.77. The van der Waals surface area contributed by atoms with Crippen molar-refractivity contribution in [2.24, 2.45) is 0 Å². The number of rotatable bonds is 7. The van der Waals surface area contributed by atoms with E-state index in [9.17, 15) is 25.2 Å². The number of phenolic OH excluding ortho intramolecular Hbond substituents is 4. The molecule has 0 bridgehead atoms. The first kappa shape index (κ1) is 23.3. The maximum Gasteiger partial charge on any atom is 0.174 e. The molecule has 1 aliphatic heterocycles. The molecule has 2 aromatic rings. The first-order valence-corrected chi connectivity index (χ1v) is 10.7. The Morgan fingerprint density at radius 1 is 1.00 bits per heavy atom. The Hall–Kier alpha value is -3.41. The van der Waals surface area contributed by atoms with E-state index >= 15 is 0 Å². The second-order valence-electron chi connectivity index (χ2n) is 8.52. The zero-order chi connectivity index (χ0) is 23.4. The van der Waals surface area contributed by atoms with Crippen LogP contribution in [0, 0.1) is 0 Å². The lowest BCUT2D eigenvalue weighted by atomic mass is 9.92. The molecule has 1 atom stereocenters. The zero-order valence-electron chi connectivity index (χ0n) is 18.7. The number of benzene rings is 2. The van der Waals surface area contributed by atoms with E-state index in [0.29, 0.717) is 24.0 Å². The molecular weight excluding hydrogens is 408 g/mol. The lowest BCUT2D eigenvalue weighted by Gasteiger charge is -2.27. The third-order valence-electron chi connectivity index (χ3n) is 5.54. The summed E-state index contributed by atoms with van der Waals surface area (Å²) in [6.07, 6.45) is 6.41. The number of ether oxygens (including phenoxy) is 1. The van der Waals surface area contributed by atoms with Crippen molar-refractivity contribution in [3.63, 3.8) is 0 Å². The molecule has 0 amide bonds. The number of hydrogen-bond donors (Lipinski definition) is 4. The van der Waals surface area contributed by atoms with Crippen molar-refractivity contribution in [2.45, 2.75) is 59.0 Å². The number of fused-ring (bicyclic) bond motifs is 1. The molecule has 6 heteroatoms. The molecule has 0 saturated heterocycles. The summed E-state index contributed by atoms with van der Waals surface area (Å²) >= 11 is 0. The molecule has 1 unspecified atom stereocenters. The van der Waals surface area contributed by atoms with Gasteiger partial charge in [0.1, 0.15) is 40.4 Å². The van der Waals surface area contributed by atoms with Crippen molar-refractivity contribution >= 4 is 5.78 Å². The van der Waals surface area contributed by atoms with E-state index in [1.807, 2.05) is 0 Å². The van der Waals surface area contributed by atoms with Gasteiger partial charge in [0.2, 0.25) is 0 Å². The zero-order valence-corrected chi connectivity index (χ0v) is 18.7. The summed E-state index contributed by atoms with van der Waals surface area (Å²) in [5, 5.41) is 40.6. The summed E-state index contributed by atoms with van der Waals surface area (Å²) in [6, 6.07) is 5.35. The van der Waals surface area contributed by atoms with Crippen LogP contribution in [-0.4, -0.2) is 26.2 Å². The van der Waals surface area contributed by atoms with Gasteiger partial charge in [-0.25, -0.2) is 0 Å². The van der Waals surface area contributed by atoms with Crippen LogP contribution in [0.1, 0.15) is 74.0 Å². The van der Waals surface area contributed by atoms with Gasteiger partial charge >= 0.3 is 0 Å². The van der Waals surface area contributed by atoms with Gasteiger partial charge in [-0.15, -0.1) is 0 Å². The van der Waals surface area contributed by atoms with Crippen LogP contribution in [-0.2, 0) is 6.42 Å². The second kappa shape index (κ2) is 9.81. The predicted octanol–water partition coefficient (Wildman–Crippen LogP) is 5.84. The summed E-state index contributed by atoms with van der Waals surface area (Å²) in [4.78, 5) is 12.8. The summed E-state index contributed by atoms with van der Waals surface area (Å²) < 4.78 is 5.84. The number of phenols is 4. The second-order valence-corrected chi connectivity index (χ2v) is 8.52. The number of carbonyl (C=O) groups is 1. The normalized spacial score (nSPS) is 15.8. The van der Waals surface area contributed by atoms with Crippen LogP contribution in [0.25, 0.3) is 0 Å². The topological polar surface area (TPSA) is 107 Å². The SMILES string of the molecule is CC(C)=CCCC(C)=CCCc1c(O)cc2c(c1O)C(=O)CC(c1cc(O)cc(O)c1)O2. The quantitative estimate of drug-likeness (QED) is 0.405. The van der Waals surface area contributed by atoms with Crippen LogP contribution in [0.3, 0.4) is 0 Å². The van der Waals surface area contributed by atoms with Gasteiger partial charge in [-0.2, -0.15) is 0 Å². The smallest absolute Gasteiger partial charge is 0.174 e. The highest BCUT2D eigenvalue weighted by molar-refractivity contribution is 6.03. The summed E-state index contributed by atoms with van der Waals surface area (Å²) in [7, 11) is 0. The van der Waals surface area contributed by atoms with Crippen LogP contribution in [0.4, 0.5) is 0 Å². The minimum atomic E-state index is -0.746. The molecule has 32 heavy (non-hydrogen) atoms. The maximum atomic E-state index is 12.8. The predicted molar refractivity (Wildman–Crippen MR) is 123 cm³/mol. The van der Waals surface area contributed by atoms with Crippen molar-refractivity contribution in [2.75, 3.05) is 0 Å². The molecule has 0 saturated carbocycles. The van der Waals surface area contributed by atoms with Gasteiger partial charge < -0.3 is 25.2 Å². The lowest BCUT2D eigenvalue weighted by molar-refractivity contribution is 0.0843. The van der Waals surface area contributed by atoms with Crippen LogP contribution < -0.4 is 4.74 Å². The van der Waals surface area contributed by atoms with Gasteiger partial charge in [-0.3, -0.25) is 4.79 Å². The van der Waals surface area contributed by atoms with Gasteiger partial charge in [0, 0.05) is 23.3 Å². The van der Waals surface area contributed by atoms with Crippen molar-refractivity contribution in [3.8, 4) is 28.7 Å². The maximum absolute atomic E-state index is 12.8. The molecule has 170 valence electrons. The third-order valence-corrected chi connectivity index (χ3v) is 5.54. The highest BCUT2D eigenvalue weighted by Gasteiger charge is 2.33. The molecule has 4 N–H and O–H groups in total. The highest BCUT2D eigenvalue weighted by atomic mass is 16.5. The van der Waals surface area contributed by atoms with Crippen LogP contribution in [0.15, 0.2) is 47.6 Å². The Morgan fingerprint density at radius 2 is 1.69 bits per heavy atom.